The van der Waals surface area contributed by atoms with Gasteiger partial charge in [-0.25, -0.2) is 0 Å². The van der Waals surface area contributed by atoms with Gasteiger partial charge in [0, 0.05) is 17.5 Å². The van der Waals surface area contributed by atoms with Gasteiger partial charge in [0.2, 0.25) is 0 Å². The Kier molecular flexibility index (Phi) is 6.66. The molecule has 1 aromatic heterocycles. The number of benzene rings is 1. The van der Waals surface area contributed by atoms with Crippen LogP contribution in [0.25, 0.3) is 10.4 Å². The Morgan fingerprint density at radius 1 is 1.38 bits per heavy atom. The van der Waals surface area contributed by atoms with E-state index in [0.29, 0.717) is 29.7 Å². The summed E-state index contributed by atoms with van der Waals surface area (Å²) in [6, 6.07) is 12.0. The molecule has 3 rings (SSSR count). The van der Waals surface area contributed by atoms with Crippen molar-refractivity contribution in [2.45, 2.75) is 25.8 Å². The molecule has 1 heterocycles. The molecule has 1 amide bonds. The molecule has 1 fully saturated rings. The quantitative estimate of drug-likeness (QED) is 0.785. The lowest BCUT2D eigenvalue weighted by Gasteiger charge is -2.11. The van der Waals surface area contributed by atoms with Crippen LogP contribution in [0.15, 0.2) is 36.4 Å². The fourth-order valence-corrected chi connectivity index (χ4v) is 3.54. The fraction of sp³-hybridized carbons (Fsp3) is 0.389. The largest absolute Gasteiger partial charge is 0.492 e. The summed E-state index contributed by atoms with van der Waals surface area (Å²) in [6.45, 7) is 2.98. The zero-order valence-corrected chi connectivity index (χ0v) is 15.3. The predicted octanol–water partition coefficient (Wildman–Crippen LogP) is 3.70. The van der Waals surface area contributed by atoms with Gasteiger partial charge in [-0.05, 0) is 37.3 Å². The molecule has 0 saturated heterocycles. The number of carbonyl (C=O) groups excluding carboxylic acids is 1. The van der Waals surface area contributed by atoms with E-state index in [1.54, 1.807) is 0 Å². The summed E-state index contributed by atoms with van der Waals surface area (Å²) in [4.78, 5) is 14.1. The van der Waals surface area contributed by atoms with Crippen LogP contribution in [-0.2, 0) is 0 Å². The van der Waals surface area contributed by atoms with Gasteiger partial charge >= 0.3 is 0 Å². The zero-order valence-electron chi connectivity index (χ0n) is 13.7. The Bertz CT molecular complexity index is 671. The third-order valence-corrected chi connectivity index (χ3v) is 5.15. The molecule has 1 atom stereocenters. The number of hydrogen-bond acceptors (Lipinski definition) is 4. The Morgan fingerprint density at radius 3 is 2.71 bits per heavy atom. The molecule has 130 valence electrons. The number of carbonyl (C=O) groups is 1. The Hall–Kier alpha value is -1.56. The van der Waals surface area contributed by atoms with E-state index in [2.05, 4.69) is 5.32 Å². The highest BCUT2D eigenvalue weighted by molar-refractivity contribution is 7.17. The minimum absolute atomic E-state index is 0. The minimum atomic E-state index is -0.100. The summed E-state index contributed by atoms with van der Waals surface area (Å²) in [5.41, 5.74) is 7.15. The van der Waals surface area contributed by atoms with E-state index in [4.69, 9.17) is 10.5 Å². The summed E-state index contributed by atoms with van der Waals surface area (Å²) in [7, 11) is 0. The lowest BCUT2D eigenvalue weighted by Crippen LogP contribution is -2.38. The van der Waals surface area contributed by atoms with Crippen molar-refractivity contribution in [3.63, 3.8) is 0 Å². The van der Waals surface area contributed by atoms with Crippen LogP contribution in [0.3, 0.4) is 0 Å². The topological polar surface area (TPSA) is 64.3 Å². The summed E-state index contributed by atoms with van der Waals surface area (Å²) in [5.74, 6) is 1.12. The fourth-order valence-electron chi connectivity index (χ4n) is 2.52. The van der Waals surface area contributed by atoms with Crippen molar-refractivity contribution in [3.05, 3.63) is 41.3 Å². The first kappa shape index (κ1) is 18.8. The molecule has 2 aromatic rings. The number of hydrogen-bond donors (Lipinski definition) is 2. The lowest BCUT2D eigenvalue weighted by molar-refractivity contribution is 0.0951. The molecule has 1 unspecified atom stereocenters. The molecular formula is C18H23ClN2O2S. The lowest BCUT2D eigenvalue weighted by atomic mass is 10.2. The molecule has 0 aliphatic heterocycles. The summed E-state index contributed by atoms with van der Waals surface area (Å²) >= 11 is 1.46. The van der Waals surface area contributed by atoms with Gasteiger partial charge in [-0.15, -0.1) is 23.7 Å². The molecule has 1 aromatic carbocycles. The average Bonchev–Trinajstić information content (AvgIpc) is 3.34. The van der Waals surface area contributed by atoms with Gasteiger partial charge in [-0.1, -0.05) is 30.3 Å². The van der Waals surface area contributed by atoms with E-state index in [1.807, 2.05) is 43.3 Å². The maximum Gasteiger partial charge on any atom is 0.265 e. The second-order valence-corrected chi connectivity index (χ2v) is 6.87. The molecule has 6 heteroatoms. The Labute approximate surface area is 152 Å². The molecule has 0 bridgehead atoms. The van der Waals surface area contributed by atoms with Crippen molar-refractivity contribution in [3.8, 4) is 16.2 Å². The van der Waals surface area contributed by atoms with Crippen molar-refractivity contribution in [2.75, 3.05) is 13.2 Å². The average molecular weight is 367 g/mol. The van der Waals surface area contributed by atoms with Crippen LogP contribution in [0.5, 0.6) is 5.75 Å². The van der Waals surface area contributed by atoms with Crippen molar-refractivity contribution < 1.29 is 9.53 Å². The van der Waals surface area contributed by atoms with Crippen molar-refractivity contribution in [1.29, 1.82) is 0 Å². The Balaban J connectivity index is 0.00000208. The van der Waals surface area contributed by atoms with Crippen LogP contribution < -0.4 is 15.8 Å². The van der Waals surface area contributed by atoms with Gasteiger partial charge in [0.15, 0.2) is 0 Å². The highest BCUT2D eigenvalue weighted by Crippen LogP contribution is 2.36. The summed E-state index contributed by atoms with van der Waals surface area (Å²) in [6.07, 6.45) is 2.36. The minimum Gasteiger partial charge on any atom is -0.492 e. The third-order valence-electron chi connectivity index (χ3n) is 3.99. The van der Waals surface area contributed by atoms with Crippen LogP contribution in [0.4, 0.5) is 0 Å². The van der Waals surface area contributed by atoms with Crippen molar-refractivity contribution in [1.82, 2.24) is 5.32 Å². The summed E-state index contributed by atoms with van der Waals surface area (Å²) in [5, 5.41) is 2.95. The number of halogens is 1. The van der Waals surface area contributed by atoms with Gasteiger partial charge in [0.25, 0.3) is 5.91 Å². The molecule has 4 nitrogen and oxygen atoms in total. The van der Waals surface area contributed by atoms with E-state index < -0.39 is 0 Å². The SMILES string of the molecule is CCOc1cc(-c2ccccc2)sc1C(=O)NCC(N)C1CC1.Cl. The number of amides is 1. The van der Waals surface area contributed by atoms with Gasteiger partial charge in [-0.3, -0.25) is 4.79 Å². The van der Waals surface area contributed by atoms with Gasteiger partial charge < -0.3 is 15.8 Å². The maximum absolute atomic E-state index is 12.5. The number of ether oxygens (including phenoxy) is 1. The molecule has 0 spiro atoms. The molecule has 24 heavy (non-hydrogen) atoms. The number of nitrogens with two attached hydrogens (primary N) is 1. The van der Waals surface area contributed by atoms with E-state index >= 15 is 0 Å². The highest BCUT2D eigenvalue weighted by atomic mass is 35.5. The monoisotopic (exact) mass is 366 g/mol. The number of rotatable bonds is 7. The molecule has 0 radical (unpaired) electrons. The van der Waals surface area contributed by atoms with E-state index in [-0.39, 0.29) is 24.4 Å². The van der Waals surface area contributed by atoms with Crippen LogP contribution >= 0.6 is 23.7 Å². The molecule has 3 N–H and O–H groups in total. The Morgan fingerprint density at radius 2 is 2.08 bits per heavy atom. The normalized spacial score (nSPS) is 14.6. The van der Waals surface area contributed by atoms with Crippen LogP contribution in [0.2, 0.25) is 0 Å². The standard InChI is InChI=1S/C18H22N2O2S.ClH/c1-2-22-15-10-16(13-6-4-3-5-7-13)23-17(15)18(21)20-11-14(19)12-8-9-12;/h3-7,10,12,14H,2,8-9,11,19H2,1H3,(H,20,21);1H. The summed E-state index contributed by atoms with van der Waals surface area (Å²) < 4.78 is 5.65. The van der Waals surface area contributed by atoms with Gasteiger partial charge in [0.1, 0.15) is 10.6 Å². The smallest absolute Gasteiger partial charge is 0.265 e. The molecular weight excluding hydrogens is 344 g/mol. The second kappa shape index (κ2) is 8.51. The predicted molar refractivity (Wildman–Crippen MR) is 101 cm³/mol. The van der Waals surface area contributed by atoms with Crippen molar-refractivity contribution in [2.24, 2.45) is 11.7 Å². The maximum atomic E-state index is 12.5. The van der Waals surface area contributed by atoms with E-state index in [9.17, 15) is 4.79 Å². The van der Waals surface area contributed by atoms with E-state index in [1.165, 1.54) is 24.2 Å². The number of nitrogens with one attached hydrogen (secondary N) is 1. The van der Waals surface area contributed by atoms with Gasteiger partial charge in [0.05, 0.1) is 6.61 Å². The van der Waals surface area contributed by atoms with Crippen LogP contribution in [-0.4, -0.2) is 25.1 Å². The molecule has 1 aliphatic carbocycles. The molecule has 1 saturated carbocycles. The van der Waals surface area contributed by atoms with Crippen LogP contribution in [0.1, 0.15) is 29.4 Å². The highest BCUT2D eigenvalue weighted by Gasteiger charge is 2.29. The molecule has 1 aliphatic rings. The van der Waals surface area contributed by atoms with Gasteiger partial charge in [-0.2, -0.15) is 0 Å². The zero-order chi connectivity index (χ0) is 16.2. The third kappa shape index (κ3) is 4.50. The first-order valence-electron chi connectivity index (χ1n) is 8.05. The van der Waals surface area contributed by atoms with Crippen LogP contribution in [0, 0.1) is 5.92 Å². The number of thiophene rings is 1. The van der Waals surface area contributed by atoms with Crippen molar-refractivity contribution >= 4 is 29.7 Å². The second-order valence-electron chi connectivity index (χ2n) is 5.81. The van der Waals surface area contributed by atoms with E-state index in [0.717, 1.165) is 10.4 Å². The first-order valence-corrected chi connectivity index (χ1v) is 8.86. The first-order chi connectivity index (χ1) is 11.2.